The number of terminal acetylenes is 1. The molecule has 0 aromatic heterocycles. The number of nitrogens with one attached hydrogen (secondary N) is 1. The highest BCUT2D eigenvalue weighted by atomic mass is 32.2. The Morgan fingerprint density at radius 2 is 1.71 bits per heavy atom. The summed E-state index contributed by atoms with van der Waals surface area (Å²) >= 11 is 0. The van der Waals surface area contributed by atoms with Gasteiger partial charge >= 0.3 is 0 Å². The molecule has 3 rings (SSSR count). The number of carbonyl (C=O) groups is 1. The van der Waals surface area contributed by atoms with E-state index >= 15 is 0 Å². The molecule has 0 spiro atoms. The van der Waals surface area contributed by atoms with Gasteiger partial charge in [-0.15, -0.1) is 6.42 Å². The molecular formula is C21H22N2O4S. The highest BCUT2D eigenvalue weighted by Crippen LogP contribution is 2.29. The van der Waals surface area contributed by atoms with Crippen LogP contribution >= 0.6 is 0 Å². The number of benzene rings is 2. The van der Waals surface area contributed by atoms with Crippen LogP contribution in [0.2, 0.25) is 0 Å². The molecule has 0 aliphatic carbocycles. The lowest BCUT2D eigenvalue weighted by molar-refractivity contribution is 0.0713. The summed E-state index contributed by atoms with van der Waals surface area (Å²) in [5, 5.41) is 9.41. The molecule has 2 aromatic rings. The van der Waals surface area contributed by atoms with Crippen molar-refractivity contribution in [1.82, 2.24) is 9.62 Å². The minimum Gasteiger partial charge on any atom is -0.508 e. The van der Waals surface area contributed by atoms with Gasteiger partial charge in [0.1, 0.15) is 5.75 Å². The standard InChI is InChI=1S/C21H22N2O4S/c1-2-13-22-28(26,27)20-9-5-18(6-10-20)21(25)23-14-11-17(12-15-23)16-3-7-19(24)8-4-16/h1,3-10,17,22,24H,11-15H2. The predicted molar refractivity (Wildman–Crippen MR) is 106 cm³/mol. The van der Waals surface area contributed by atoms with Gasteiger partial charge in [-0.05, 0) is 60.7 Å². The zero-order valence-corrected chi connectivity index (χ0v) is 16.2. The van der Waals surface area contributed by atoms with E-state index in [2.05, 4.69) is 10.6 Å². The van der Waals surface area contributed by atoms with Gasteiger partial charge in [0.25, 0.3) is 5.91 Å². The molecular weight excluding hydrogens is 376 g/mol. The van der Waals surface area contributed by atoms with Crippen molar-refractivity contribution >= 4 is 15.9 Å². The molecule has 146 valence electrons. The van der Waals surface area contributed by atoms with Crippen LogP contribution in [0.25, 0.3) is 0 Å². The van der Waals surface area contributed by atoms with Crippen molar-refractivity contribution in [3.63, 3.8) is 0 Å². The van der Waals surface area contributed by atoms with Crippen molar-refractivity contribution in [1.29, 1.82) is 0 Å². The molecule has 1 heterocycles. The first-order chi connectivity index (χ1) is 13.4. The van der Waals surface area contributed by atoms with Gasteiger partial charge in [-0.3, -0.25) is 4.79 Å². The van der Waals surface area contributed by atoms with Crippen molar-refractivity contribution < 1.29 is 18.3 Å². The Morgan fingerprint density at radius 1 is 1.11 bits per heavy atom. The van der Waals surface area contributed by atoms with Gasteiger partial charge < -0.3 is 10.0 Å². The van der Waals surface area contributed by atoms with Gasteiger partial charge in [-0.25, -0.2) is 8.42 Å². The number of phenolic OH excluding ortho intramolecular Hbond substituents is 1. The number of aromatic hydroxyl groups is 1. The maximum atomic E-state index is 12.7. The van der Waals surface area contributed by atoms with Gasteiger partial charge in [0, 0.05) is 18.7 Å². The topological polar surface area (TPSA) is 86.7 Å². The molecule has 1 fully saturated rings. The summed E-state index contributed by atoms with van der Waals surface area (Å²) in [6, 6.07) is 13.1. The third-order valence-electron chi connectivity index (χ3n) is 4.92. The maximum absolute atomic E-state index is 12.7. The number of rotatable bonds is 5. The summed E-state index contributed by atoms with van der Waals surface area (Å²) in [7, 11) is -3.67. The van der Waals surface area contributed by atoms with E-state index in [0.29, 0.717) is 24.6 Å². The molecule has 0 radical (unpaired) electrons. The molecule has 0 bridgehead atoms. The molecule has 0 unspecified atom stereocenters. The van der Waals surface area contributed by atoms with E-state index in [1.807, 2.05) is 12.1 Å². The second-order valence-electron chi connectivity index (χ2n) is 6.71. The Morgan fingerprint density at radius 3 is 2.29 bits per heavy atom. The average molecular weight is 398 g/mol. The van der Waals surface area contributed by atoms with Crippen LogP contribution in [0.1, 0.15) is 34.7 Å². The molecule has 1 saturated heterocycles. The van der Waals surface area contributed by atoms with Gasteiger partial charge in [0.15, 0.2) is 0 Å². The van der Waals surface area contributed by atoms with Crippen molar-refractivity contribution in [2.45, 2.75) is 23.7 Å². The van der Waals surface area contributed by atoms with Crippen molar-refractivity contribution in [3.8, 4) is 18.1 Å². The second-order valence-corrected chi connectivity index (χ2v) is 8.48. The lowest BCUT2D eigenvalue weighted by atomic mass is 9.89. The summed E-state index contributed by atoms with van der Waals surface area (Å²) in [4.78, 5) is 14.6. The van der Waals surface area contributed by atoms with Gasteiger partial charge in [0.05, 0.1) is 11.4 Å². The smallest absolute Gasteiger partial charge is 0.253 e. The molecule has 2 aromatic carbocycles. The number of sulfonamides is 1. The molecule has 1 amide bonds. The minimum absolute atomic E-state index is 0.0744. The van der Waals surface area contributed by atoms with Crippen LogP contribution < -0.4 is 4.72 Å². The van der Waals surface area contributed by atoms with E-state index in [4.69, 9.17) is 6.42 Å². The number of hydrogen-bond donors (Lipinski definition) is 2. The van der Waals surface area contributed by atoms with Crippen LogP contribution in [0.5, 0.6) is 5.75 Å². The van der Waals surface area contributed by atoms with E-state index in [9.17, 15) is 18.3 Å². The summed E-state index contributed by atoms with van der Waals surface area (Å²) in [6.07, 6.45) is 6.77. The molecule has 0 atom stereocenters. The molecule has 6 nitrogen and oxygen atoms in total. The molecule has 1 aliphatic rings. The Bertz CT molecular complexity index is 969. The fourth-order valence-corrected chi connectivity index (χ4v) is 4.28. The molecule has 1 aliphatic heterocycles. The van der Waals surface area contributed by atoms with Crippen molar-refractivity contribution in [2.75, 3.05) is 19.6 Å². The minimum atomic E-state index is -3.67. The second kappa shape index (κ2) is 8.46. The first-order valence-electron chi connectivity index (χ1n) is 9.02. The van der Waals surface area contributed by atoms with Crippen LogP contribution in [-0.2, 0) is 10.0 Å². The first-order valence-corrected chi connectivity index (χ1v) is 10.5. The number of phenols is 1. The maximum Gasteiger partial charge on any atom is 0.253 e. The average Bonchev–Trinajstić information content (AvgIpc) is 2.72. The van der Waals surface area contributed by atoms with Gasteiger partial charge in [-0.1, -0.05) is 18.1 Å². The van der Waals surface area contributed by atoms with Crippen molar-refractivity contribution in [2.24, 2.45) is 0 Å². The van der Waals surface area contributed by atoms with Crippen molar-refractivity contribution in [3.05, 3.63) is 59.7 Å². The lowest BCUT2D eigenvalue weighted by Crippen LogP contribution is -2.37. The Labute approximate surface area is 165 Å². The first kappa shape index (κ1) is 19.9. The van der Waals surface area contributed by atoms with Crippen LogP contribution in [0, 0.1) is 12.3 Å². The van der Waals surface area contributed by atoms with E-state index in [1.54, 1.807) is 17.0 Å². The number of hydrogen-bond acceptors (Lipinski definition) is 4. The SMILES string of the molecule is C#CCNS(=O)(=O)c1ccc(C(=O)N2CCC(c3ccc(O)cc3)CC2)cc1. The van der Waals surface area contributed by atoms with E-state index in [1.165, 1.54) is 29.8 Å². The van der Waals surface area contributed by atoms with Crippen LogP contribution in [0.4, 0.5) is 0 Å². The fourth-order valence-electron chi connectivity index (χ4n) is 3.34. The molecule has 2 N–H and O–H groups in total. The third kappa shape index (κ3) is 4.53. The zero-order valence-electron chi connectivity index (χ0n) is 15.3. The monoisotopic (exact) mass is 398 g/mol. The molecule has 0 saturated carbocycles. The third-order valence-corrected chi connectivity index (χ3v) is 6.34. The largest absolute Gasteiger partial charge is 0.508 e. The highest BCUT2D eigenvalue weighted by Gasteiger charge is 2.25. The Balaban J connectivity index is 1.62. The zero-order chi connectivity index (χ0) is 20.1. The normalized spacial score (nSPS) is 15.2. The number of carbonyl (C=O) groups excluding carboxylic acids is 1. The van der Waals surface area contributed by atoms with Crippen LogP contribution in [0.15, 0.2) is 53.4 Å². The summed E-state index contributed by atoms with van der Waals surface area (Å²) in [6.45, 7) is 1.18. The molecule has 7 heteroatoms. The quantitative estimate of drug-likeness (QED) is 0.757. The lowest BCUT2D eigenvalue weighted by Gasteiger charge is -2.32. The Kier molecular flexibility index (Phi) is 6.02. The van der Waals surface area contributed by atoms with E-state index < -0.39 is 10.0 Å². The van der Waals surface area contributed by atoms with E-state index in [-0.39, 0.29) is 23.1 Å². The van der Waals surface area contributed by atoms with Crippen LogP contribution in [0.3, 0.4) is 0 Å². The van der Waals surface area contributed by atoms with Gasteiger partial charge in [0.2, 0.25) is 10.0 Å². The predicted octanol–water partition coefficient (Wildman–Crippen LogP) is 2.32. The highest BCUT2D eigenvalue weighted by molar-refractivity contribution is 7.89. The fraction of sp³-hybridized carbons (Fsp3) is 0.286. The number of amides is 1. The number of nitrogens with zero attached hydrogens (tertiary/aromatic N) is 1. The van der Waals surface area contributed by atoms with Gasteiger partial charge in [-0.2, -0.15) is 4.72 Å². The summed E-state index contributed by atoms with van der Waals surface area (Å²) in [5.74, 6) is 2.72. The molecule has 28 heavy (non-hydrogen) atoms. The summed E-state index contributed by atoms with van der Waals surface area (Å²) < 4.78 is 26.4. The Hall–Kier alpha value is -2.82. The van der Waals surface area contributed by atoms with Crippen LogP contribution in [-0.4, -0.2) is 44.0 Å². The summed E-state index contributed by atoms with van der Waals surface area (Å²) in [5.41, 5.74) is 1.62. The van der Waals surface area contributed by atoms with E-state index in [0.717, 1.165) is 12.8 Å². The number of likely N-dealkylation sites (tertiary alicyclic amines) is 1. The number of piperidine rings is 1.